The molecule has 3 aromatic carbocycles. The first-order chi connectivity index (χ1) is 16.1. The first kappa shape index (κ1) is 23.1. The second kappa shape index (κ2) is 9.06. The predicted octanol–water partition coefficient (Wildman–Crippen LogP) is 5.47. The minimum Gasteiger partial charge on any atom is -0.457 e. The van der Waals surface area contributed by atoms with Crippen LogP contribution in [0, 0.1) is 5.82 Å². The summed E-state index contributed by atoms with van der Waals surface area (Å²) in [6.07, 6.45) is -4.32. The summed E-state index contributed by atoms with van der Waals surface area (Å²) < 4.78 is 60.0. The fourth-order valence-electron chi connectivity index (χ4n) is 3.26. The van der Waals surface area contributed by atoms with E-state index in [1.807, 2.05) is 6.07 Å². The van der Waals surface area contributed by atoms with Crippen molar-refractivity contribution < 1.29 is 31.9 Å². The number of nitrogens with one attached hydrogen (secondary N) is 1. The fraction of sp³-hybridized carbons (Fsp3) is 0.0417. The molecule has 0 aromatic heterocycles. The molecule has 1 aliphatic rings. The van der Waals surface area contributed by atoms with Gasteiger partial charge in [0.2, 0.25) is 0 Å². The smallest absolute Gasteiger partial charge is 0.417 e. The van der Waals surface area contributed by atoms with Gasteiger partial charge in [0.1, 0.15) is 22.9 Å². The van der Waals surface area contributed by atoms with Crippen LogP contribution in [0.25, 0.3) is 6.08 Å². The van der Waals surface area contributed by atoms with Gasteiger partial charge in [0.25, 0.3) is 11.8 Å². The molecular formula is C24H14F4N2O3S. The van der Waals surface area contributed by atoms with Crippen molar-refractivity contribution in [2.24, 2.45) is 0 Å². The van der Waals surface area contributed by atoms with Gasteiger partial charge >= 0.3 is 6.18 Å². The molecule has 5 nitrogen and oxygen atoms in total. The highest BCUT2D eigenvalue weighted by molar-refractivity contribution is 7.80. The molecule has 34 heavy (non-hydrogen) atoms. The lowest BCUT2D eigenvalue weighted by Gasteiger charge is -2.29. The summed E-state index contributed by atoms with van der Waals surface area (Å²) in [5, 5.41) is 1.99. The maximum absolute atomic E-state index is 14.3. The van der Waals surface area contributed by atoms with Gasteiger partial charge in [-0.25, -0.2) is 4.39 Å². The van der Waals surface area contributed by atoms with Crippen LogP contribution in [0.2, 0.25) is 0 Å². The number of amides is 2. The van der Waals surface area contributed by atoms with Crippen molar-refractivity contribution in [3.8, 4) is 11.5 Å². The standard InChI is InChI=1S/C24H14F4N2O3S/c25-20-8-4-7-19(24(26,27)28)17(20)13-18-21(31)29-23(34)30(22(18)32)14-9-11-16(12-10-14)33-15-5-2-1-3-6-15/h1-13H,(H,29,31,34). The summed E-state index contributed by atoms with van der Waals surface area (Å²) in [5.74, 6) is -2.23. The monoisotopic (exact) mass is 486 g/mol. The number of ether oxygens (including phenoxy) is 1. The number of benzene rings is 3. The topological polar surface area (TPSA) is 58.6 Å². The van der Waals surface area contributed by atoms with E-state index in [9.17, 15) is 27.2 Å². The van der Waals surface area contributed by atoms with Gasteiger partial charge in [0.05, 0.1) is 11.3 Å². The summed E-state index contributed by atoms with van der Waals surface area (Å²) in [5.41, 5.74) is -2.71. The van der Waals surface area contributed by atoms with Gasteiger partial charge in [0.15, 0.2) is 5.11 Å². The van der Waals surface area contributed by atoms with Gasteiger partial charge in [-0.3, -0.25) is 19.8 Å². The average Bonchev–Trinajstić information content (AvgIpc) is 2.78. The first-order valence-electron chi connectivity index (χ1n) is 9.75. The lowest BCUT2D eigenvalue weighted by molar-refractivity contribution is -0.138. The van der Waals surface area contributed by atoms with Crippen molar-refractivity contribution in [1.29, 1.82) is 0 Å². The van der Waals surface area contributed by atoms with Crippen LogP contribution >= 0.6 is 12.2 Å². The van der Waals surface area contributed by atoms with Crippen LogP contribution in [-0.2, 0) is 15.8 Å². The van der Waals surface area contributed by atoms with Crippen molar-refractivity contribution in [2.75, 3.05) is 4.90 Å². The number of hydrogen-bond acceptors (Lipinski definition) is 4. The molecule has 0 aliphatic carbocycles. The van der Waals surface area contributed by atoms with Crippen LogP contribution in [0.5, 0.6) is 11.5 Å². The molecule has 1 fully saturated rings. The largest absolute Gasteiger partial charge is 0.457 e. The lowest BCUT2D eigenvalue weighted by atomic mass is 10.0. The SMILES string of the molecule is O=C1NC(=S)N(c2ccc(Oc3ccccc3)cc2)C(=O)C1=Cc1c(F)cccc1C(F)(F)F. The van der Waals surface area contributed by atoms with E-state index in [4.69, 9.17) is 17.0 Å². The Hall–Kier alpha value is -4.05. The third-order valence-electron chi connectivity index (χ3n) is 4.82. The van der Waals surface area contributed by atoms with E-state index in [2.05, 4.69) is 5.32 Å². The number of hydrogen-bond donors (Lipinski definition) is 1. The first-order valence-corrected chi connectivity index (χ1v) is 10.2. The normalized spacial score (nSPS) is 15.5. The van der Waals surface area contributed by atoms with Gasteiger partial charge in [0, 0.05) is 5.56 Å². The Morgan fingerprint density at radius 1 is 0.882 bits per heavy atom. The van der Waals surface area contributed by atoms with E-state index in [-0.39, 0.29) is 10.8 Å². The second-order valence-electron chi connectivity index (χ2n) is 7.07. The molecule has 4 rings (SSSR count). The van der Waals surface area contributed by atoms with Gasteiger partial charge < -0.3 is 4.74 Å². The number of halogens is 4. The Kier molecular flexibility index (Phi) is 6.16. The van der Waals surface area contributed by atoms with Crippen LogP contribution in [0.15, 0.2) is 78.4 Å². The number of anilines is 1. The van der Waals surface area contributed by atoms with Crippen molar-refractivity contribution in [2.45, 2.75) is 6.18 Å². The molecule has 0 radical (unpaired) electrons. The molecule has 10 heteroatoms. The van der Waals surface area contributed by atoms with Crippen molar-refractivity contribution in [3.05, 3.63) is 95.3 Å². The average molecular weight is 486 g/mol. The van der Waals surface area contributed by atoms with Crippen LogP contribution < -0.4 is 15.0 Å². The summed E-state index contributed by atoms with van der Waals surface area (Å²) in [6.45, 7) is 0. The molecule has 3 aromatic rings. The van der Waals surface area contributed by atoms with Crippen molar-refractivity contribution in [3.63, 3.8) is 0 Å². The molecule has 0 unspecified atom stereocenters. The summed E-state index contributed by atoms with van der Waals surface area (Å²) in [7, 11) is 0. The van der Waals surface area contributed by atoms with E-state index < -0.39 is 40.5 Å². The number of alkyl halides is 3. The summed E-state index contributed by atoms with van der Waals surface area (Å²) in [6, 6.07) is 17.4. The highest BCUT2D eigenvalue weighted by Crippen LogP contribution is 2.35. The highest BCUT2D eigenvalue weighted by atomic mass is 32.1. The van der Waals surface area contributed by atoms with Crippen LogP contribution in [-0.4, -0.2) is 16.9 Å². The number of rotatable bonds is 4. The molecule has 1 saturated heterocycles. The molecule has 2 amide bonds. The minimum atomic E-state index is -4.90. The van der Waals surface area contributed by atoms with E-state index >= 15 is 0 Å². The van der Waals surface area contributed by atoms with Crippen LogP contribution in [0.4, 0.5) is 23.2 Å². The van der Waals surface area contributed by atoms with Gasteiger partial charge in [-0.15, -0.1) is 0 Å². The Balaban J connectivity index is 1.67. The number of carbonyl (C=O) groups excluding carboxylic acids is 2. The Labute approximate surface area is 196 Å². The Morgan fingerprint density at radius 2 is 1.53 bits per heavy atom. The van der Waals surface area contributed by atoms with E-state index in [0.717, 1.165) is 17.0 Å². The Bertz CT molecular complexity index is 1310. The van der Waals surface area contributed by atoms with E-state index in [0.29, 0.717) is 23.6 Å². The molecule has 0 saturated carbocycles. The number of para-hydroxylation sites is 1. The fourth-order valence-corrected chi connectivity index (χ4v) is 3.54. The lowest BCUT2D eigenvalue weighted by Crippen LogP contribution is -2.54. The van der Waals surface area contributed by atoms with Crippen molar-refractivity contribution >= 4 is 40.9 Å². The molecule has 1 N–H and O–H groups in total. The molecule has 1 heterocycles. The summed E-state index contributed by atoms with van der Waals surface area (Å²) >= 11 is 5.09. The van der Waals surface area contributed by atoms with E-state index in [1.165, 1.54) is 12.1 Å². The summed E-state index contributed by atoms with van der Waals surface area (Å²) in [4.78, 5) is 26.4. The zero-order chi connectivity index (χ0) is 24.5. The zero-order valence-corrected chi connectivity index (χ0v) is 17.9. The number of thiocarbonyl (C=S) groups is 1. The quantitative estimate of drug-likeness (QED) is 0.230. The molecule has 0 bridgehead atoms. The van der Waals surface area contributed by atoms with Crippen LogP contribution in [0.1, 0.15) is 11.1 Å². The Morgan fingerprint density at radius 3 is 2.18 bits per heavy atom. The second-order valence-corrected chi connectivity index (χ2v) is 7.45. The maximum atomic E-state index is 14.3. The molecule has 0 atom stereocenters. The molecular weight excluding hydrogens is 472 g/mol. The number of nitrogens with zero attached hydrogens (tertiary/aromatic N) is 1. The zero-order valence-electron chi connectivity index (χ0n) is 17.1. The minimum absolute atomic E-state index is 0.228. The third kappa shape index (κ3) is 4.67. The van der Waals surface area contributed by atoms with Gasteiger partial charge in [-0.1, -0.05) is 24.3 Å². The van der Waals surface area contributed by atoms with E-state index in [1.54, 1.807) is 36.4 Å². The molecule has 0 spiro atoms. The predicted molar refractivity (Wildman–Crippen MR) is 121 cm³/mol. The van der Waals surface area contributed by atoms with Gasteiger partial charge in [-0.05, 0) is 66.8 Å². The van der Waals surface area contributed by atoms with Crippen molar-refractivity contribution in [1.82, 2.24) is 5.32 Å². The number of carbonyl (C=O) groups is 2. The third-order valence-corrected chi connectivity index (χ3v) is 5.11. The molecule has 172 valence electrons. The van der Waals surface area contributed by atoms with Crippen LogP contribution in [0.3, 0.4) is 0 Å². The molecule has 1 aliphatic heterocycles. The maximum Gasteiger partial charge on any atom is 0.417 e. The van der Waals surface area contributed by atoms with Gasteiger partial charge in [-0.2, -0.15) is 13.2 Å². The highest BCUT2D eigenvalue weighted by Gasteiger charge is 2.37.